The van der Waals surface area contributed by atoms with Gasteiger partial charge in [-0.25, -0.2) is 4.39 Å². The Morgan fingerprint density at radius 3 is 2.41 bits per heavy atom. The quantitative estimate of drug-likeness (QED) is 0.649. The molecule has 1 aromatic heterocycles. The first-order valence-corrected chi connectivity index (χ1v) is 9.62. The molecule has 136 valence electrons. The zero-order valence-corrected chi connectivity index (χ0v) is 15.0. The molecule has 3 atom stereocenters. The van der Waals surface area contributed by atoms with Gasteiger partial charge in [-0.05, 0) is 61.4 Å². The van der Waals surface area contributed by atoms with Crippen molar-refractivity contribution < 1.29 is 9.18 Å². The molecule has 0 aliphatic carbocycles. The fraction of sp³-hybridized carbons (Fsp3) is 0.304. The molecule has 0 radical (unpaired) electrons. The van der Waals surface area contributed by atoms with E-state index in [0.717, 1.165) is 36.6 Å². The van der Waals surface area contributed by atoms with E-state index in [1.54, 1.807) is 6.20 Å². The molecule has 4 heteroatoms. The summed E-state index contributed by atoms with van der Waals surface area (Å²) in [7, 11) is 0. The molecule has 0 spiro atoms. The van der Waals surface area contributed by atoms with Gasteiger partial charge in [0, 0.05) is 23.7 Å². The van der Waals surface area contributed by atoms with Crippen molar-refractivity contribution in [2.75, 3.05) is 0 Å². The summed E-state index contributed by atoms with van der Waals surface area (Å²) in [5.41, 5.74) is 2.67. The number of pyridine rings is 1. The second kappa shape index (κ2) is 6.45. The molecule has 0 N–H and O–H groups in total. The maximum Gasteiger partial charge on any atom is 0.256 e. The number of nitrogens with zero attached hydrogens (tertiary/aromatic N) is 2. The van der Waals surface area contributed by atoms with E-state index in [-0.39, 0.29) is 23.8 Å². The molecule has 2 aromatic carbocycles. The molecule has 2 aliphatic rings. The standard InChI is InChI=1S/C23H21FN2O/c24-18-8-6-15(7-9-18)17-13-19-10-11-20(14-17)26(19)23(27)21-5-1-3-16-4-2-12-25-22(16)21/h1-9,12,17,19-20H,10-11,13-14H2/t17?,19-,20+. The highest BCUT2D eigenvalue weighted by Gasteiger charge is 2.44. The number of halogens is 1. The van der Waals surface area contributed by atoms with Crippen LogP contribution >= 0.6 is 0 Å². The highest BCUT2D eigenvalue weighted by atomic mass is 19.1. The molecular weight excluding hydrogens is 339 g/mol. The summed E-state index contributed by atoms with van der Waals surface area (Å²) in [5.74, 6) is 0.306. The number of hydrogen-bond acceptors (Lipinski definition) is 2. The number of para-hydroxylation sites is 1. The minimum absolute atomic E-state index is 0.101. The molecule has 2 fully saturated rings. The van der Waals surface area contributed by atoms with E-state index in [2.05, 4.69) is 9.88 Å². The largest absolute Gasteiger partial charge is 0.333 e. The lowest BCUT2D eigenvalue weighted by Crippen LogP contribution is -2.46. The minimum atomic E-state index is -0.196. The molecule has 3 nitrogen and oxygen atoms in total. The highest BCUT2D eigenvalue weighted by molar-refractivity contribution is 6.05. The Labute approximate surface area is 157 Å². The number of carbonyl (C=O) groups is 1. The summed E-state index contributed by atoms with van der Waals surface area (Å²) >= 11 is 0. The number of aromatic nitrogens is 1. The Kier molecular flexibility index (Phi) is 3.92. The number of fused-ring (bicyclic) bond motifs is 3. The minimum Gasteiger partial charge on any atom is -0.333 e. The van der Waals surface area contributed by atoms with Crippen molar-refractivity contribution in [1.82, 2.24) is 9.88 Å². The van der Waals surface area contributed by atoms with Gasteiger partial charge in [-0.3, -0.25) is 9.78 Å². The van der Waals surface area contributed by atoms with Crippen LogP contribution in [0.5, 0.6) is 0 Å². The Morgan fingerprint density at radius 1 is 0.963 bits per heavy atom. The summed E-state index contributed by atoms with van der Waals surface area (Å²) in [6.45, 7) is 0. The third-order valence-corrected chi connectivity index (χ3v) is 6.17. The predicted octanol–water partition coefficient (Wildman–Crippen LogP) is 4.92. The summed E-state index contributed by atoms with van der Waals surface area (Å²) < 4.78 is 13.2. The molecule has 2 bridgehead atoms. The number of hydrogen-bond donors (Lipinski definition) is 0. The number of carbonyl (C=O) groups excluding carboxylic acids is 1. The average Bonchev–Trinajstić information content (AvgIpc) is 2.97. The predicted molar refractivity (Wildman–Crippen MR) is 103 cm³/mol. The maximum atomic E-state index is 13.4. The topological polar surface area (TPSA) is 33.2 Å². The Hall–Kier alpha value is -2.75. The van der Waals surface area contributed by atoms with Crippen molar-refractivity contribution in [2.45, 2.75) is 43.7 Å². The van der Waals surface area contributed by atoms with Crippen LogP contribution in [-0.4, -0.2) is 27.9 Å². The smallest absolute Gasteiger partial charge is 0.256 e. The SMILES string of the molecule is O=C(c1cccc2cccnc12)N1[C@@H]2CC[C@H]1CC(c1ccc(F)cc1)C2. The van der Waals surface area contributed by atoms with Crippen LogP contribution in [-0.2, 0) is 0 Å². The third-order valence-electron chi connectivity index (χ3n) is 6.17. The molecule has 1 unspecified atom stereocenters. The van der Waals surface area contributed by atoms with Gasteiger partial charge < -0.3 is 4.90 Å². The summed E-state index contributed by atoms with van der Waals surface area (Å²) in [5, 5.41) is 0.997. The van der Waals surface area contributed by atoms with Crippen LogP contribution in [0.3, 0.4) is 0 Å². The van der Waals surface area contributed by atoms with Gasteiger partial charge in [-0.2, -0.15) is 0 Å². The molecule has 3 aromatic rings. The van der Waals surface area contributed by atoms with Crippen LogP contribution in [0.15, 0.2) is 60.8 Å². The first kappa shape index (κ1) is 16.4. The van der Waals surface area contributed by atoms with Gasteiger partial charge in [-0.15, -0.1) is 0 Å². The lowest BCUT2D eigenvalue weighted by molar-refractivity contribution is 0.0573. The molecule has 3 heterocycles. The number of piperidine rings is 1. The normalized spacial score (nSPS) is 24.3. The van der Waals surface area contributed by atoms with Crippen molar-refractivity contribution in [3.8, 4) is 0 Å². The van der Waals surface area contributed by atoms with Gasteiger partial charge in [0.2, 0.25) is 0 Å². The van der Waals surface area contributed by atoms with E-state index in [4.69, 9.17) is 0 Å². The Balaban J connectivity index is 1.44. The molecular formula is C23H21FN2O. The summed E-state index contributed by atoms with van der Waals surface area (Å²) in [4.78, 5) is 20.0. The maximum absolute atomic E-state index is 13.4. The Bertz CT molecular complexity index is 981. The van der Waals surface area contributed by atoms with Crippen LogP contribution in [0.25, 0.3) is 10.9 Å². The average molecular weight is 360 g/mol. The molecule has 2 saturated heterocycles. The van der Waals surface area contributed by atoms with Crippen LogP contribution in [0.2, 0.25) is 0 Å². The van der Waals surface area contributed by atoms with E-state index in [1.165, 1.54) is 17.7 Å². The zero-order valence-electron chi connectivity index (χ0n) is 15.0. The highest BCUT2D eigenvalue weighted by Crippen LogP contribution is 2.44. The summed E-state index contributed by atoms with van der Waals surface area (Å²) in [6.07, 6.45) is 5.74. The van der Waals surface area contributed by atoms with Gasteiger partial charge in [0.05, 0.1) is 11.1 Å². The van der Waals surface area contributed by atoms with E-state index in [0.29, 0.717) is 11.5 Å². The van der Waals surface area contributed by atoms with Crippen molar-refractivity contribution in [3.05, 3.63) is 77.7 Å². The van der Waals surface area contributed by atoms with Crippen LogP contribution in [0.1, 0.15) is 47.5 Å². The monoisotopic (exact) mass is 360 g/mol. The van der Waals surface area contributed by atoms with Crippen LogP contribution in [0, 0.1) is 5.82 Å². The molecule has 27 heavy (non-hydrogen) atoms. The van der Waals surface area contributed by atoms with Crippen LogP contribution in [0.4, 0.5) is 4.39 Å². The van der Waals surface area contributed by atoms with Crippen molar-refractivity contribution >= 4 is 16.8 Å². The zero-order chi connectivity index (χ0) is 18.4. The van der Waals surface area contributed by atoms with Crippen molar-refractivity contribution in [1.29, 1.82) is 0 Å². The Morgan fingerprint density at radius 2 is 1.67 bits per heavy atom. The van der Waals surface area contributed by atoms with Gasteiger partial charge in [-0.1, -0.05) is 30.3 Å². The van der Waals surface area contributed by atoms with Crippen molar-refractivity contribution in [2.24, 2.45) is 0 Å². The fourth-order valence-electron chi connectivity index (χ4n) is 4.93. The van der Waals surface area contributed by atoms with E-state index in [9.17, 15) is 9.18 Å². The summed E-state index contributed by atoms with van der Waals surface area (Å²) in [6, 6.07) is 17.1. The molecule has 1 amide bonds. The molecule has 0 saturated carbocycles. The van der Waals surface area contributed by atoms with Gasteiger partial charge in [0.25, 0.3) is 5.91 Å². The van der Waals surface area contributed by atoms with Crippen molar-refractivity contribution in [3.63, 3.8) is 0 Å². The lowest BCUT2D eigenvalue weighted by Gasteiger charge is -2.39. The first-order valence-electron chi connectivity index (χ1n) is 9.62. The number of amides is 1. The first-order chi connectivity index (χ1) is 13.2. The van der Waals surface area contributed by atoms with E-state index in [1.807, 2.05) is 42.5 Å². The number of rotatable bonds is 2. The van der Waals surface area contributed by atoms with Gasteiger partial charge in [0.1, 0.15) is 5.82 Å². The van der Waals surface area contributed by atoms with Gasteiger partial charge >= 0.3 is 0 Å². The third kappa shape index (κ3) is 2.80. The van der Waals surface area contributed by atoms with E-state index < -0.39 is 0 Å². The molecule has 2 aliphatic heterocycles. The van der Waals surface area contributed by atoms with Crippen LogP contribution < -0.4 is 0 Å². The second-order valence-electron chi connectivity index (χ2n) is 7.70. The fourth-order valence-corrected chi connectivity index (χ4v) is 4.93. The second-order valence-corrected chi connectivity index (χ2v) is 7.70. The lowest BCUT2D eigenvalue weighted by atomic mass is 9.84. The number of benzene rings is 2. The van der Waals surface area contributed by atoms with Gasteiger partial charge in [0.15, 0.2) is 0 Å². The van der Waals surface area contributed by atoms with E-state index >= 15 is 0 Å². The molecule has 5 rings (SSSR count).